The van der Waals surface area contributed by atoms with Gasteiger partial charge in [0.05, 0.1) is 27.0 Å². The predicted molar refractivity (Wildman–Crippen MR) is 111 cm³/mol. The predicted octanol–water partition coefficient (Wildman–Crippen LogP) is 3.81. The molecule has 3 aromatic rings. The quantitative estimate of drug-likeness (QED) is 0.629. The smallest absolute Gasteiger partial charge is 0.264 e. The Labute approximate surface area is 168 Å². The molecule has 1 amide bonds. The van der Waals surface area contributed by atoms with E-state index in [0.717, 1.165) is 11.3 Å². The second-order valence-electron chi connectivity index (χ2n) is 6.12. The maximum absolute atomic E-state index is 12.7. The van der Waals surface area contributed by atoms with E-state index in [-0.39, 0.29) is 5.56 Å². The number of nitrogens with zero attached hydrogens (tertiary/aromatic N) is 2. The number of nitrogens with one attached hydrogen (secondary N) is 2. The minimum Gasteiger partial charge on any atom is -0.496 e. The van der Waals surface area contributed by atoms with Crippen LogP contribution in [-0.2, 0) is 0 Å². The first-order chi connectivity index (χ1) is 14.0. The second kappa shape index (κ2) is 8.92. The molecule has 0 unspecified atom stereocenters. The third-order valence-electron chi connectivity index (χ3n) is 4.18. The van der Waals surface area contributed by atoms with Gasteiger partial charge in [0.15, 0.2) is 11.6 Å². The topological polar surface area (TPSA) is 94.6 Å². The first-order valence-electron chi connectivity index (χ1n) is 8.83. The molecule has 0 bridgehead atoms. The Hall–Kier alpha value is -3.81. The van der Waals surface area contributed by atoms with Crippen molar-refractivity contribution in [1.29, 1.82) is 0 Å². The van der Waals surface area contributed by atoms with Crippen molar-refractivity contribution in [1.82, 2.24) is 10.2 Å². The minimum atomic E-state index is -0.408. The summed E-state index contributed by atoms with van der Waals surface area (Å²) in [6.07, 6.45) is 0. The van der Waals surface area contributed by atoms with E-state index in [1.165, 1.54) is 14.2 Å². The molecule has 0 spiro atoms. The summed E-state index contributed by atoms with van der Waals surface area (Å²) in [7, 11) is 4.59. The van der Waals surface area contributed by atoms with Gasteiger partial charge in [-0.25, -0.2) is 0 Å². The summed E-state index contributed by atoms with van der Waals surface area (Å²) in [5.41, 5.74) is 2.14. The van der Waals surface area contributed by atoms with Crippen LogP contribution in [0.1, 0.15) is 15.9 Å². The molecule has 1 aromatic heterocycles. The van der Waals surface area contributed by atoms with E-state index in [9.17, 15) is 4.79 Å². The molecule has 1 heterocycles. The number of carbonyl (C=O) groups excluding carboxylic acids is 1. The van der Waals surface area contributed by atoms with Crippen LogP contribution >= 0.6 is 0 Å². The molecule has 0 radical (unpaired) electrons. The number of benzene rings is 2. The van der Waals surface area contributed by atoms with Crippen LogP contribution in [0.4, 0.5) is 17.3 Å². The molecule has 8 heteroatoms. The lowest BCUT2D eigenvalue weighted by Gasteiger charge is -2.13. The largest absolute Gasteiger partial charge is 0.496 e. The minimum absolute atomic E-state index is 0.283. The third kappa shape index (κ3) is 4.55. The number of rotatable bonds is 7. The summed E-state index contributed by atoms with van der Waals surface area (Å²) in [5.74, 6) is 1.90. The van der Waals surface area contributed by atoms with Crippen molar-refractivity contribution in [2.45, 2.75) is 6.92 Å². The average Bonchev–Trinajstić information content (AvgIpc) is 2.74. The molecule has 0 aliphatic rings. The van der Waals surface area contributed by atoms with Crippen LogP contribution in [0, 0.1) is 6.92 Å². The van der Waals surface area contributed by atoms with E-state index in [0.29, 0.717) is 28.9 Å². The molecule has 150 valence electrons. The van der Waals surface area contributed by atoms with Gasteiger partial charge in [-0.3, -0.25) is 4.79 Å². The molecule has 0 aliphatic carbocycles. The van der Waals surface area contributed by atoms with Crippen molar-refractivity contribution in [2.75, 3.05) is 32.0 Å². The summed E-state index contributed by atoms with van der Waals surface area (Å²) < 4.78 is 15.9. The highest BCUT2D eigenvalue weighted by Crippen LogP contribution is 2.30. The molecule has 0 atom stereocenters. The van der Waals surface area contributed by atoms with Gasteiger partial charge in [0.25, 0.3) is 5.91 Å². The number of ether oxygens (including phenoxy) is 3. The monoisotopic (exact) mass is 394 g/mol. The lowest BCUT2D eigenvalue weighted by atomic mass is 10.1. The fourth-order valence-corrected chi connectivity index (χ4v) is 2.78. The Morgan fingerprint density at radius 1 is 0.828 bits per heavy atom. The summed E-state index contributed by atoms with van der Waals surface area (Å²) in [5, 5.41) is 14.0. The standard InChI is InChI=1S/C21H22N4O4/c1-13-8-9-15(27-2)14(12-13)22-18-10-11-19(25-24-18)23-21(26)20-16(28-3)6-5-7-17(20)29-4/h5-12H,1-4H3,(H,22,24)(H,23,25,26). The molecule has 2 N–H and O–H groups in total. The average molecular weight is 394 g/mol. The third-order valence-corrected chi connectivity index (χ3v) is 4.18. The van der Waals surface area contributed by atoms with Crippen LogP contribution in [0.15, 0.2) is 48.5 Å². The van der Waals surface area contributed by atoms with Gasteiger partial charge >= 0.3 is 0 Å². The van der Waals surface area contributed by atoms with Gasteiger partial charge < -0.3 is 24.8 Å². The number of hydrogen-bond donors (Lipinski definition) is 2. The fourth-order valence-electron chi connectivity index (χ4n) is 2.78. The van der Waals surface area contributed by atoms with Gasteiger partial charge in [-0.2, -0.15) is 0 Å². The van der Waals surface area contributed by atoms with Gasteiger partial charge in [0.1, 0.15) is 22.8 Å². The molecule has 2 aromatic carbocycles. The van der Waals surface area contributed by atoms with Crippen LogP contribution in [0.2, 0.25) is 0 Å². The molecular weight excluding hydrogens is 372 g/mol. The van der Waals surface area contributed by atoms with Crippen molar-refractivity contribution in [3.8, 4) is 17.2 Å². The Morgan fingerprint density at radius 3 is 2.03 bits per heavy atom. The number of aromatic nitrogens is 2. The normalized spacial score (nSPS) is 10.2. The Bertz CT molecular complexity index is 984. The lowest BCUT2D eigenvalue weighted by Crippen LogP contribution is -2.16. The second-order valence-corrected chi connectivity index (χ2v) is 6.12. The Morgan fingerprint density at radius 2 is 1.45 bits per heavy atom. The molecule has 0 saturated carbocycles. The zero-order valence-electron chi connectivity index (χ0n) is 16.6. The highest BCUT2D eigenvalue weighted by Gasteiger charge is 2.19. The number of anilines is 3. The highest BCUT2D eigenvalue weighted by atomic mass is 16.5. The Balaban J connectivity index is 1.77. The van der Waals surface area contributed by atoms with Crippen LogP contribution in [-0.4, -0.2) is 37.4 Å². The van der Waals surface area contributed by atoms with Crippen LogP contribution < -0.4 is 24.8 Å². The molecule has 0 saturated heterocycles. The van der Waals surface area contributed by atoms with Crippen molar-refractivity contribution in [2.24, 2.45) is 0 Å². The number of aryl methyl sites for hydroxylation is 1. The van der Waals surface area contributed by atoms with Crippen molar-refractivity contribution in [3.63, 3.8) is 0 Å². The molecule has 3 rings (SSSR count). The summed E-state index contributed by atoms with van der Waals surface area (Å²) in [6, 6.07) is 14.3. The Kier molecular flexibility index (Phi) is 6.13. The van der Waals surface area contributed by atoms with Crippen LogP contribution in [0.25, 0.3) is 0 Å². The number of methoxy groups -OCH3 is 3. The van der Waals surface area contributed by atoms with E-state index >= 15 is 0 Å². The van der Waals surface area contributed by atoms with Gasteiger partial charge in [-0.05, 0) is 48.9 Å². The van der Waals surface area contributed by atoms with E-state index < -0.39 is 5.91 Å². The first-order valence-corrected chi connectivity index (χ1v) is 8.83. The van der Waals surface area contributed by atoms with Gasteiger partial charge in [-0.1, -0.05) is 12.1 Å². The number of amides is 1. The lowest BCUT2D eigenvalue weighted by molar-refractivity contribution is 0.102. The van der Waals surface area contributed by atoms with Crippen molar-refractivity contribution >= 4 is 23.2 Å². The van der Waals surface area contributed by atoms with Gasteiger partial charge in [0, 0.05) is 0 Å². The molecule has 0 aliphatic heterocycles. The summed E-state index contributed by atoms with van der Waals surface area (Å²) in [6.45, 7) is 1.99. The first kappa shape index (κ1) is 19.9. The van der Waals surface area contributed by atoms with Crippen molar-refractivity contribution < 1.29 is 19.0 Å². The van der Waals surface area contributed by atoms with Gasteiger partial charge in [0.2, 0.25) is 0 Å². The number of hydrogen-bond acceptors (Lipinski definition) is 7. The zero-order chi connectivity index (χ0) is 20.8. The van der Waals surface area contributed by atoms with Crippen LogP contribution in [0.5, 0.6) is 17.2 Å². The van der Waals surface area contributed by atoms with Crippen molar-refractivity contribution in [3.05, 3.63) is 59.7 Å². The highest BCUT2D eigenvalue weighted by molar-refractivity contribution is 6.07. The van der Waals surface area contributed by atoms with E-state index in [4.69, 9.17) is 14.2 Å². The van der Waals surface area contributed by atoms with E-state index in [1.807, 2.05) is 25.1 Å². The maximum atomic E-state index is 12.7. The molecular formula is C21H22N4O4. The zero-order valence-corrected chi connectivity index (χ0v) is 16.6. The molecule has 29 heavy (non-hydrogen) atoms. The fraction of sp³-hybridized carbons (Fsp3) is 0.190. The molecule has 8 nitrogen and oxygen atoms in total. The molecule has 0 fully saturated rings. The maximum Gasteiger partial charge on any atom is 0.264 e. The summed E-state index contributed by atoms with van der Waals surface area (Å²) >= 11 is 0. The van der Waals surface area contributed by atoms with E-state index in [2.05, 4.69) is 20.8 Å². The number of carbonyl (C=O) groups is 1. The van der Waals surface area contributed by atoms with Crippen LogP contribution in [0.3, 0.4) is 0 Å². The SMILES string of the molecule is COc1ccc(C)cc1Nc1ccc(NC(=O)c2c(OC)cccc2OC)nn1. The van der Waals surface area contributed by atoms with Gasteiger partial charge in [-0.15, -0.1) is 10.2 Å². The summed E-state index contributed by atoms with van der Waals surface area (Å²) in [4.78, 5) is 12.7. The van der Waals surface area contributed by atoms with E-state index in [1.54, 1.807) is 37.4 Å².